The van der Waals surface area contributed by atoms with E-state index in [0.717, 1.165) is 0 Å². The van der Waals surface area contributed by atoms with Crippen molar-refractivity contribution >= 4 is 0 Å². The highest BCUT2D eigenvalue weighted by molar-refractivity contribution is 4.98. The summed E-state index contributed by atoms with van der Waals surface area (Å²) >= 11 is 0. The predicted molar refractivity (Wildman–Crippen MR) is 186 cm³/mol. The molecule has 17 N–H and O–H groups in total. The largest absolute Gasteiger partial charge is 0.394 e. The number of hydrogen-bond donors (Lipinski definition) is 17. The van der Waals surface area contributed by atoms with Crippen LogP contribution in [0.1, 0.15) is 6.92 Å². The van der Waals surface area contributed by atoms with Crippen molar-refractivity contribution in [2.45, 2.75) is 179 Å². The van der Waals surface area contributed by atoms with Crippen molar-refractivity contribution in [1.29, 1.82) is 0 Å². The maximum absolute atomic E-state index is 11.1. The molecule has 6 aliphatic heterocycles. The zero-order valence-electron chi connectivity index (χ0n) is 32.8. The average Bonchev–Trinajstić information content (AvgIpc) is 3.25. The third kappa shape index (κ3) is 10.2. The third-order valence-corrected chi connectivity index (χ3v) is 11.6. The van der Waals surface area contributed by atoms with Gasteiger partial charge in [-0.1, -0.05) is 0 Å². The Labute approximate surface area is 350 Å². The van der Waals surface area contributed by atoms with E-state index in [9.17, 15) is 86.8 Å². The summed E-state index contributed by atoms with van der Waals surface area (Å²) in [6.45, 7) is -2.31. The highest BCUT2D eigenvalue weighted by atomic mass is 16.8. The number of hydrogen-bond acceptors (Lipinski definition) is 28. The van der Waals surface area contributed by atoms with Crippen molar-refractivity contribution in [3.8, 4) is 0 Å². The van der Waals surface area contributed by atoms with Crippen LogP contribution in [0.25, 0.3) is 0 Å². The molecule has 6 saturated heterocycles. The van der Waals surface area contributed by atoms with Gasteiger partial charge in [0.25, 0.3) is 0 Å². The third-order valence-electron chi connectivity index (χ3n) is 11.6. The zero-order chi connectivity index (χ0) is 45.5. The van der Waals surface area contributed by atoms with Crippen LogP contribution in [0, 0.1) is 0 Å². The van der Waals surface area contributed by atoms with Gasteiger partial charge in [-0.15, -0.1) is 0 Å². The number of aliphatic hydroxyl groups is 17. The van der Waals surface area contributed by atoms with E-state index in [4.69, 9.17) is 52.1 Å². The van der Waals surface area contributed by atoms with E-state index in [1.165, 1.54) is 6.92 Å². The lowest BCUT2D eigenvalue weighted by Crippen LogP contribution is -2.67. The first-order valence-electron chi connectivity index (χ1n) is 19.8. The summed E-state index contributed by atoms with van der Waals surface area (Å²) in [4.78, 5) is 0. The molecular weight excluding hydrogens is 856 g/mol. The highest BCUT2D eigenvalue weighted by Crippen LogP contribution is 2.35. The van der Waals surface area contributed by atoms with Gasteiger partial charge in [-0.25, -0.2) is 0 Å². The fourth-order valence-electron chi connectivity index (χ4n) is 7.88. The molecule has 0 amide bonds. The Balaban J connectivity index is 1.01. The quantitative estimate of drug-likeness (QED) is 0.0815. The van der Waals surface area contributed by atoms with E-state index in [-0.39, 0.29) is 0 Å². The highest BCUT2D eigenvalue weighted by Gasteiger charge is 2.55. The first-order chi connectivity index (χ1) is 29.3. The second-order valence-corrected chi connectivity index (χ2v) is 15.8. The molecule has 0 aromatic rings. The Hall–Kier alpha value is -1.12. The van der Waals surface area contributed by atoms with Gasteiger partial charge in [0.15, 0.2) is 37.7 Å². The van der Waals surface area contributed by atoms with Crippen LogP contribution in [0.15, 0.2) is 0 Å². The summed E-state index contributed by atoms with van der Waals surface area (Å²) in [5.74, 6) is 0. The minimum atomic E-state index is -2.06. The maximum Gasteiger partial charge on any atom is 0.187 e. The van der Waals surface area contributed by atoms with Gasteiger partial charge < -0.3 is 139 Å². The minimum Gasteiger partial charge on any atom is -0.394 e. The van der Waals surface area contributed by atoms with Crippen molar-refractivity contribution in [3.05, 3.63) is 0 Å². The zero-order valence-corrected chi connectivity index (χ0v) is 32.8. The molecule has 362 valence electrons. The summed E-state index contributed by atoms with van der Waals surface area (Å²) in [5.41, 5.74) is 0. The lowest BCUT2D eigenvalue weighted by Gasteiger charge is -2.48. The van der Waals surface area contributed by atoms with Crippen molar-refractivity contribution in [2.24, 2.45) is 0 Å². The summed E-state index contributed by atoms with van der Waals surface area (Å²) in [7, 11) is 0. The van der Waals surface area contributed by atoms with E-state index < -0.39 is 205 Å². The normalized spacial score (nSPS) is 54.3. The molecule has 28 unspecified atom stereocenters. The van der Waals surface area contributed by atoms with Crippen molar-refractivity contribution in [1.82, 2.24) is 0 Å². The number of ether oxygens (including phenoxy) is 11. The second kappa shape index (κ2) is 21.2. The average molecular weight is 915 g/mol. The molecule has 0 saturated carbocycles. The molecule has 6 fully saturated rings. The maximum atomic E-state index is 11.1. The summed E-state index contributed by atoms with van der Waals surface area (Å²) < 4.78 is 60.4. The smallest absolute Gasteiger partial charge is 0.187 e. The fourth-order valence-corrected chi connectivity index (χ4v) is 7.88. The van der Waals surface area contributed by atoms with Crippen LogP contribution < -0.4 is 0 Å². The Morgan fingerprint density at radius 3 is 1.18 bits per heavy atom. The van der Waals surface area contributed by atoms with E-state index in [1.54, 1.807) is 0 Å². The van der Waals surface area contributed by atoms with Gasteiger partial charge >= 0.3 is 0 Å². The fraction of sp³-hybridized carbons (Fsp3) is 1.00. The molecule has 62 heavy (non-hydrogen) atoms. The topological polar surface area (TPSA) is 445 Å². The predicted octanol–water partition coefficient (Wildman–Crippen LogP) is -11.8. The number of aliphatic hydroxyl groups excluding tert-OH is 17. The van der Waals surface area contributed by atoms with Crippen molar-refractivity contribution < 1.29 is 139 Å². The van der Waals surface area contributed by atoms with Gasteiger partial charge in [0.05, 0.1) is 39.1 Å². The molecule has 0 aromatic carbocycles. The van der Waals surface area contributed by atoms with E-state index in [0.29, 0.717) is 0 Å². The van der Waals surface area contributed by atoms with Gasteiger partial charge in [0, 0.05) is 0 Å². The lowest BCUT2D eigenvalue weighted by molar-refractivity contribution is -0.386. The molecule has 0 bridgehead atoms. The molecule has 28 nitrogen and oxygen atoms in total. The molecule has 28 atom stereocenters. The molecule has 6 aliphatic rings. The van der Waals surface area contributed by atoms with Crippen LogP contribution in [0.5, 0.6) is 0 Å². The molecule has 0 radical (unpaired) electrons. The SMILES string of the molecule is CC1OC(O)C(O)C(O)C1OC1OCC(OC2OCC(OC3OC(CO)C(OC4OC(CO)C(OC5OC(CO)C(O)C(O)C5O)C(O)C4O)C(O)C3O)C(O)C2O)C(O)C1O. The Morgan fingerprint density at radius 1 is 0.355 bits per heavy atom. The summed E-state index contributed by atoms with van der Waals surface area (Å²) in [5, 5.41) is 177. The summed E-state index contributed by atoms with van der Waals surface area (Å²) in [6.07, 6.45) is -48.1. The second-order valence-electron chi connectivity index (χ2n) is 15.8. The van der Waals surface area contributed by atoms with Gasteiger partial charge in [-0.3, -0.25) is 0 Å². The van der Waals surface area contributed by atoms with Crippen LogP contribution in [0.2, 0.25) is 0 Å². The molecule has 0 aromatic heterocycles. The molecule has 6 rings (SSSR count). The van der Waals surface area contributed by atoms with Crippen LogP contribution in [0.4, 0.5) is 0 Å². The summed E-state index contributed by atoms with van der Waals surface area (Å²) in [6, 6.07) is 0. The van der Waals surface area contributed by atoms with E-state index >= 15 is 0 Å². The van der Waals surface area contributed by atoms with Gasteiger partial charge in [-0.2, -0.15) is 0 Å². The van der Waals surface area contributed by atoms with E-state index in [1.807, 2.05) is 0 Å². The molecule has 0 spiro atoms. The Bertz CT molecular complexity index is 1380. The molecule has 28 heteroatoms. The lowest BCUT2D eigenvalue weighted by atomic mass is 9.96. The van der Waals surface area contributed by atoms with E-state index in [2.05, 4.69) is 0 Å². The van der Waals surface area contributed by atoms with Crippen LogP contribution in [0.3, 0.4) is 0 Å². The molecule has 6 heterocycles. The van der Waals surface area contributed by atoms with Gasteiger partial charge in [0.1, 0.15) is 128 Å². The Morgan fingerprint density at radius 2 is 0.710 bits per heavy atom. The molecule has 0 aliphatic carbocycles. The Kier molecular flexibility index (Phi) is 17.2. The van der Waals surface area contributed by atoms with Crippen molar-refractivity contribution in [3.63, 3.8) is 0 Å². The molecular formula is C34H58O28. The van der Waals surface area contributed by atoms with Crippen LogP contribution >= 0.6 is 0 Å². The van der Waals surface area contributed by atoms with Crippen LogP contribution in [-0.2, 0) is 52.1 Å². The first kappa shape index (κ1) is 50.3. The van der Waals surface area contributed by atoms with Crippen molar-refractivity contribution in [2.75, 3.05) is 33.0 Å². The van der Waals surface area contributed by atoms with Gasteiger partial charge in [0.2, 0.25) is 0 Å². The monoisotopic (exact) mass is 914 g/mol. The standard InChI is InChI=1S/C34H58O28/c1-7-26(17(42)20(45)29(51)54-7)60-31-22(47)14(39)11(5-53-31)58-30-21(46)15(40)12(6-52-30)59-32-24(49)18(43)27(9(3-36)56-32)62-34-25(50)19(44)28(10(4-37)57-34)61-33-23(48)16(41)13(38)8(2-35)55-33/h7-51H,2-6H2,1H3. The van der Waals surface area contributed by atoms with Gasteiger partial charge in [-0.05, 0) is 6.92 Å². The minimum absolute atomic E-state index is 0.487. The first-order valence-corrected chi connectivity index (χ1v) is 19.8. The number of rotatable bonds is 13. The van der Waals surface area contributed by atoms with Crippen LogP contribution in [-0.4, -0.2) is 292 Å².